The quantitative estimate of drug-likeness (QED) is 0.727. The molecule has 1 aromatic heterocycles. The molecule has 5 heteroatoms. The molecular weight excluding hydrogens is 263 g/mol. The fourth-order valence-corrected chi connectivity index (χ4v) is 3.19. The maximum absolute atomic E-state index is 6.03. The Morgan fingerprint density at radius 2 is 2.25 bits per heavy atom. The molecule has 90 valence electrons. The Morgan fingerprint density at radius 1 is 1.50 bits per heavy atom. The summed E-state index contributed by atoms with van der Waals surface area (Å²) in [4.78, 5) is 7.74. The highest BCUT2D eigenvalue weighted by Gasteiger charge is 2.25. The first kappa shape index (κ1) is 12.5. The van der Waals surface area contributed by atoms with Crippen molar-refractivity contribution in [3.63, 3.8) is 0 Å². The first-order valence-electron chi connectivity index (χ1n) is 5.70. The normalized spacial score (nSPS) is 15.4. The van der Waals surface area contributed by atoms with Crippen LogP contribution in [0.3, 0.4) is 0 Å². The van der Waals surface area contributed by atoms with Gasteiger partial charge in [-0.2, -0.15) is 0 Å². The van der Waals surface area contributed by atoms with Crippen molar-refractivity contribution in [3.8, 4) is 0 Å². The zero-order valence-corrected chi connectivity index (χ0v) is 11.7. The minimum Gasteiger partial charge on any atom is -0.348 e. The Kier molecular flexibility index (Phi) is 4.34. The first-order valence-corrected chi connectivity index (χ1v) is 7.43. The summed E-state index contributed by atoms with van der Waals surface area (Å²) in [6.45, 7) is 4.37. The molecule has 0 saturated heterocycles. The minimum atomic E-state index is 0.458. The van der Waals surface area contributed by atoms with Crippen molar-refractivity contribution >= 4 is 39.7 Å². The lowest BCUT2D eigenvalue weighted by Gasteiger charge is -2.20. The molecule has 1 aliphatic carbocycles. The van der Waals surface area contributed by atoms with Crippen LogP contribution in [0.15, 0.2) is 0 Å². The summed E-state index contributed by atoms with van der Waals surface area (Å²) in [6.07, 6.45) is 3.86. The summed E-state index contributed by atoms with van der Waals surface area (Å²) in [7, 11) is 0. The number of hydrogen-bond acceptors (Lipinski definition) is 3. The van der Waals surface area contributed by atoms with Gasteiger partial charge >= 0.3 is 0 Å². The van der Waals surface area contributed by atoms with Gasteiger partial charge in [0.15, 0.2) is 5.13 Å². The number of halogens is 2. The highest BCUT2D eigenvalue weighted by atomic mass is 35.5. The first-order chi connectivity index (χ1) is 7.74. The zero-order valence-electron chi connectivity index (χ0n) is 9.38. The van der Waals surface area contributed by atoms with Crippen LogP contribution in [0.4, 0.5) is 5.13 Å². The van der Waals surface area contributed by atoms with Crippen molar-refractivity contribution in [2.45, 2.75) is 32.1 Å². The average molecular weight is 279 g/mol. The van der Waals surface area contributed by atoms with Crippen molar-refractivity contribution in [1.29, 1.82) is 0 Å². The Morgan fingerprint density at radius 3 is 2.75 bits per heavy atom. The largest absolute Gasteiger partial charge is 0.348 e. The fraction of sp³-hybridized carbons (Fsp3) is 0.727. The van der Waals surface area contributed by atoms with Gasteiger partial charge in [-0.1, -0.05) is 29.9 Å². The van der Waals surface area contributed by atoms with Crippen LogP contribution in [0.25, 0.3) is 0 Å². The Balaban J connectivity index is 2.09. The van der Waals surface area contributed by atoms with E-state index >= 15 is 0 Å². The molecule has 0 aliphatic heterocycles. The molecule has 0 atom stereocenters. The molecule has 0 N–H and O–H groups in total. The molecule has 0 aromatic carbocycles. The van der Waals surface area contributed by atoms with Crippen LogP contribution in [-0.2, 0) is 5.88 Å². The summed E-state index contributed by atoms with van der Waals surface area (Å²) in [5.41, 5.74) is 0. The summed E-state index contributed by atoms with van der Waals surface area (Å²) in [6, 6.07) is 0. The van der Waals surface area contributed by atoms with E-state index in [4.69, 9.17) is 23.2 Å². The van der Waals surface area contributed by atoms with Gasteiger partial charge in [0.2, 0.25) is 0 Å². The summed E-state index contributed by atoms with van der Waals surface area (Å²) < 4.78 is 0. The van der Waals surface area contributed by atoms with Crippen molar-refractivity contribution < 1.29 is 0 Å². The molecule has 1 aromatic rings. The monoisotopic (exact) mass is 278 g/mol. The van der Waals surface area contributed by atoms with E-state index in [1.54, 1.807) is 11.3 Å². The second-order valence-electron chi connectivity index (χ2n) is 4.23. The van der Waals surface area contributed by atoms with Crippen LogP contribution in [-0.4, -0.2) is 18.1 Å². The molecular formula is C11H16Cl2N2S. The average Bonchev–Trinajstić information content (AvgIpc) is 3.00. The molecule has 1 heterocycles. The van der Waals surface area contributed by atoms with Gasteiger partial charge in [0.05, 0.1) is 10.8 Å². The molecule has 1 fully saturated rings. The van der Waals surface area contributed by atoms with E-state index in [9.17, 15) is 0 Å². The number of alkyl halides is 1. The van der Waals surface area contributed by atoms with Gasteiger partial charge in [-0.05, 0) is 25.2 Å². The van der Waals surface area contributed by atoms with Crippen molar-refractivity contribution in [3.05, 3.63) is 10.0 Å². The molecule has 0 spiro atoms. The Labute approximate surface area is 111 Å². The summed E-state index contributed by atoms with van der Waals surface area (Å²) in [5, 5.41) is 1.61. The number of nitrogens with zero attached hydrogens (tertiary/aromatic N) is 2. The van der Waals surface area contributed by atoms with Crippen LogP contribution in [0, 0.1) is 5.92 Å². The second-order valence-corrected chi connectivity index (χ2v) is 5.92. The molecule has 2 nitrogen and oxygen atoms in total. The van der Waals surface area contributed by atoms with Crippen LogP contribution in [0.5, 0.6) is 0 Å². The minimum absolute atomic E-state index is 0.458. The molecule has 0 unspecified atom stereocenters. The maximum Gasteiger partial charge on any atom is 0.187 e. The van der Waals surface area contributed by atoms with Crippen molar-refractivity contribution in [2.75, 3.05) is 18.0 Å². The van der Waals surface area contributed by atoms with E-state index in [2.05, 4.69) is 16.8 Å². The van der Waals surface area contributed by atoms with Gasteiger partial charge in [0.25, 0.3) is 0 Å². The zero-order chi connectivity index (χ0) is 11.5. The molecule has 0 radical (unpaired) electrons. The lowest BCUT2D eigenvalue weighted by atomic mass is 10.3. The van der Waals surface area contributed by atoms with Gasteiger partial charge in [0.1, 0.15) is 5.15 Å². The van der Waals surface area contributed by atoms with Crippen molar-refractivity contribution in [2.24, 2.45) is 5.92 Å². The number of anilines is 1. The van der Waals surface area contributed by atoms with Crippen LogP contribution in [0.2, 0.25) is 5.15 Å². The maximum atomic E-state index is 6.03. The Bertz CT molecular complexity index is 350. The molecule has 16 heavy (non-hydrogen) atoms. The standard InChI is InChI=1S/C11H16Cl2N2S/c1-2-5-15(7-8-3-4-8)11-14-10(13)9(6-12)16-11/h8H,2-7H2,1H3. The third-order valence-corrected chi connectivity index (χ3v) is 4.67. The van der Waals surface area contributed by atoms with E-state index in [-0.39, 0.29) is 0 Å². The third kappa shape index (κ3) is 3.02. The molecule has 2 rings (SSSR count). The molecule has 1 saturated carbocycles. The SMILES string of the molecule is CCCN(CC1CC1)c1nc(Cl)c(CCl)s1. The predicted octanol–water partition coefficient (Wildman–Crippen LogP) is 4.16. The molecule has 1 aliphatic rings. The lowest BCUT2D eigenvalue weighted by molar-refractivity contribution is 0.706. The predicted molar refractivity (Wildman–Crippen MR) is 71.9 cm³/mol. The summed E-state index contributed by atoms with van der Waals surface area (Å²) in [5.74, 6) is 1.33. The fourth-order valence-electron chi connectivity index (χ4n) is 1.69. The van der Waals surface area contributed by atoms with E-state index in [1.165, 1.54) is 12.8 Å². The van der Waals surface area contributed by atoms with Crippen LogP contribution in [0.1, 0.15) is 31.1 Å². The third-order valence-electron chi connectivity index (χ3n) is 2.70. The van der Waals surface area contributed by atoms with Crippen molar-refractivity contribution in [1.82, 2.24) is 4.98 Å². The number of thiazole rings is 1. The number of aromatic nitrogens is 1. The van der Waals surface area contributed by atoms with Gasteiger partial charge in [-0.3, -0.25) is 0 Å². The number of hydrogen-bond donors (Lipinski definition) is 0. The molecule has 0 bridgehead atoms. The van der Waals surface area contributed by atoms with E-state index < -0.39 is 0 Å². The van der Waals surface area contributed by atoms with Gasteiger partial charge in [-0.15, -0.1) is 11.6 Å². The van der Waals surface area contributed by atoms with Gasteiger partial charge in [0, 0.05) is 13.1 Å². The van der Waals surface area contributed by atoms with E-state index in [0.717, 1.165) is 35.4 Å². The van der Waals surface area contributed by atoms with Gasteiger partial charge in [-0.25, -0.2) is 4.98 Å². The van der Waals surface area contributed by atoms with Crippen LogP contribution < -0.4 is 4.90 Å². The Hall–Kier alpha value is 0.01000. The molecule has 0 amide bonds. The van der Waals surface area contributed by atoms with Gasteiger partial charge < -0.3 is 4.90 Å². The highest BCUT2D eigenvalue weighted by molar-refractivity contribution is 7.16. The van der Waals surface area contributed by atoms with E-state index in [1.807, 2.05) is 0 Å². The topological polar surface area (TPSA) is 16.1 Å². The summed E-state index contributed by atoms with van der Waals surface area (Å²) >= 11 is 13.5. The highest BCUT2D eigenvalue weighted by Crippen LogP contribution is 2.35. The van der Waals surface area contributed by atoms with Crippen LogP contribution >= 0.6 is 34.5 Å². The lowest BCUT2D eigenvalue weighted by Crippen LogP contribution is -2.26. The van der Waals surface area contributed by atoms with E-state index in [0.29, 0.717) is 11.0 Å². The smallest absolute Gasteiger partial charge is 0.187 e. The number of rotatable bonds is 6. The second kappa shape index (κ2) is 5.56.